The van der Waals surface area contributed by atoms with Crippen molar-refractivity contribution < 1.29 is 4.79 Å². The Labute approximate surface area is 175 Å². The van der Waals surface area contributed by atoms with Gasteiger partial charge in [0.25, 0.3) is 5.56 Å². The summed E-state index contributed by atoms with van der Waals surface area (Å²) in [5.74, 6) is 0.295. The largest absolute Gasteiger partial charge is 0.298 e. The Bertz CT molecular complexity index is 1170. The highest BCUT2D eigenvalue weighted by molar-refractivity contribution is 7.99. The molecule has 0 bridgehead atoms. The van der Waals surface area contributed by atoms with Crippen LogP contribution in [0.5, 0.6) is 0 Å². The van der Waals surface area contributed by atoms with Gasteiger partial charge in [-0.05, 0) is 24.1 Å². The molecule has 0 aliphatic carbocycles. The number of hydrogen-bond acceptors (Lipinski definition) is 7. The van der Waals surface area contributed by atoms with E-state index < -0.39 is 0 Å². The smallest absolute Gasteiger partial charge is 0.280 e. The van der Waals surface area contributed by atoms with Crippen molar-refractivity contribution in [2.24, 2.45) is 0 Å². The first-order valence-electron chi connectivity index (χ1n) is 9.13. The van der Waals surface area contributed by atoms with E-state index in [0.717, 1.165) is 10.6 Å². The lowest BCUT2D eigenvalue weighted by Gasteiger charge is -2.12. The molecule has 0 aliphatic heterocycles. The van der Waals surface area contributed by atoms with E-state index in [1.165, 1.54) is 23.1 Å². The Morgan fingerprint density at radius 3 is 2.72 bits per heavy atom. The van der Waals surface area contributed by atoms with Crippen LogP contribution in [0.25, 0.3) is 11.0 Å². The summed E-state index contributed by atoms with van der Waals surface area (Å²) in [5.41, 5.74) is 1.85. The lowest BCUT2D eigenvalue weighted by Crippen LogP contribution is -2.25. The number of thiazole rings is 1. The van der Waals surface area contributed by atoms with Crippen molar-refractivity contribution in [2.75, 3.05) is 5.75 Å². The fraction of sp³-hybridized carbons (Fsp3) is 0.190. The molecule has 0 amide bonds. The zero-order valence-corrected chi connectivity index (χ0v) is 17.2. The standard InChI is InChI=1S/C21H18N4O2S2/c26-16(13-18-22-10-12-28-18)14-29-21-24-17-7-4-9-23-19(17)20(27)25(21)11-8-15-5-2-1-3-6-15/h1-7,9-10,12H,8,11,13-14H2. The van der Waals surface area contributed by atoms with E-state index in [1.54, 1.807) is 29.1 Å². The van der Waals surface area contributed by atoms with E-state index in [9.17, 15) is 9.59 Å². The zero-order valence-electron chi connectivity index (χ0n) is 15.5. The summed E-state index contributed by atoms with van der Waals surface area (Å²) >= 11 is 2.76. The first-order valence-corrected chi connectivity index (χ1v) is 11.0. The van der Waals surface area contributed by atoms with Gasteiger partial charge in [-0.1, -0.05) is 42.1 Å². The van der Waals surface area contributed by atoms with Gasteiger partial charge in [-0.3, -0.25) is 14.2 Å². The van der Waals surface area contributed by atoms with Crippen molar-refractivity contribution in [3.05, 3.63) is 81.2 Å². The van der Waals surface area contributed by atoms with Gasteiger partial charge in [-0.2, -0.15) is 0 Å². The van der Waals surface area contributed by atoms with Crippen LogP contribution in [0.15, 0.2) is 70.2 Å². The lowest BCUT2D eigenvalue weighted by atomic mass is 10.1. The molecule has 0 N–H and O–H groups in total. The fourth-order valence-electron chi connectivity index (χ4n) is 2.93. The minimum Gasteiger partial charge on any atom is -0.298 e. The van der Waals surface area contributed by atoms with Gasteiger partial charge < -0.3 is 0 Å². The summed E-state index contributed by atoms with van der Waals surface area (Å²) in [6, 6.07) is 13.5. The predicted octanol–water partition coefficient (Wildman–Crippen LogP) is 3.39. The number of pyridine rings is 1. The number of aryl methyl sites for hydroxylation is 1. The Kier molecular flexibility index (Phi) is 6.12. The normalized spacial score (nSPS) is 11.0. The van der Waals surface area contributed by atoms with Crippen LogP contribution in [0.1, 0.15) is 10.6 Å². The molecule has 3 heterocycles. The number of benzene rings is 1. The van der Waals surface area contributed by atoms with Crippen molar-refractivity contribution in [1.82, 2.24) is 19.5 Å². The summed E-state index contributed by atoms with van der Waals surface area (Å²) < 4.78 is 1.63. The molecule has 0 aliphatic rings. The van der Waals surface area contributed by atoms with Crippen LogP contribution in [-0.2, 0) is 24.2 Å². The molecule has 0 saturated heterocycles. The van der Waals surface area contributed by atoms with Crippen LogP contribution in [0.3, 0.4) is 0 Å². The maximum atomic E-state index is 13.0. The van der Waals surface area contributed by atoms with Gasteiger partial charge >= 0.3 is 0 Å². The number of aromatic nitrogens is 4. The Morgan fingerprint density at radius 2 is 1.93 bits per heavy atom. The highest BCUT2D eigenvalue weighted by Crippen LogP contribution is 2.19. The van der Waals surface area contributed by atoms with E-state index in [-0.39, 0.29) is 17.1 Å². The second kappa shape index (κ2) is 9.11. The number of rotatable bonds is 8. The van der Waals surface area contributed by atoms with Gasteiger partial charge in [-0.15, -0.1) is 11.3 Å². The summed E-state index contributed by atoms with van der Waals surface area (Å²) in [5, 5.41) is 3.20. The first-order chi connectivity index (χ1) is 14.2. The quantitative estimate of drug-likeness (QED) is 0.320. The van der Waals surface area contributed by atoms with Gasteiger partial charge in [0.2, 0.25) is 0 Å². The van der Waals surface area contributed by atoms with Crippen molar-refractivity contribution in [3.63, 3.8) is 0 Å². The maximum Gasteiger partial charge on any atom is 0.280 e. The third-order valence-electron chi connectivity index (χ3n) is 4.34. The molecule has 0 saturated carbocycles. The molecule has 0 radical (unpaired) electrons. The molecular weight excluding hydrogens is 404 g/mol. The van der Waals surface area contributed by atoms with E-state index >= 15 is 0 Å². The van der Waals surface area contributed by atoms with Crippen LogP contribution >= 0.6 is 23.1 Å². The Hall–Kier alpha value is -2.84. The fourth-order valence-corrected chi connectivity index (χ4v) is 4.46. The molecule has 0 spiro atoms. The maximum absolute atomic E-state index is 13.0. The summed E-state index contributed by atoms with van der Waals surface area (Å²) in [4.78, 5) is 38.3. The average molecular weight is 423 g/mol. The number of carbonyl (C=O) groups excluding carboxylic acids is 1. The number of thioether (sulfide) groups is 1. The van der Waals surface area contributed by atoms with Gasteiger partial charge in [0.05, 0.1) is 22.7 Å². The second-order valence-corrected chi connectivity index (χ2v) is 8.31. The van der Waals surface area contributed by atoms with Crippen LogP contribution in [0.2, 0.25) is 0 Å². The molecule has 3 aromatic heterocycles. The van der Waals surface area contributed by atoms with Crippen molar-refractivity contribution in [1.29, 1.82) is 0 Å². The summed E-state index contributed by atoms with van der Waals surface area (Å²) in [7, 11) is 0. The van der Waals surface area contributed by atoms with E-state index in [1.807, 2.05) is 35.7 Å². The highest BCUT2D eigenvalue weighted by Gasteiger charge is 2.15. The average Bonchev–Trinajstić information content (AvgIpc) is 3.25. The molecule has 29 heavy (non-hydrogen) atoms. The number of hydrogen-bond donors (Lipinski definition) is 0. The number of ketones is 1. The third kappa shape index (κ3) is 4.78. The van der Waals surface area contributed by atoms with Gasteiger partial charge in [0.1, 0.15) is 5.78 Å². The summed E-state index contributed by atoms with van der Waals surface area (Å²) in [6.07, 6.45) is 4.28. The molecule has 0 fully saturated rings. The minimum atomic E-state index is -0.179. The number of nitrogens with zero attached hydrogens (tertiary/aromatic N) is 4. The SMILES string of the molecule is O=C(CSc1nc2cccnc2c(=O)n1CCc1ccccc1)Cc1nccs1. The monoisotopic (exact) mass is 422 g/mol. The van der Waals surface area contributed by atoms with Gasteiger partial charge in [0, 0.05) is 24.3 Å². The van der Waals surface area contributed by atoms with Crippen LogP contribution < -0.4 is 5.56 Å². The minimum absolute atomic E-state index is 0.0556. The van der Waals surface area contributed by atoms with Crippen molar-refractivity contribution >= 4 is 39.9 Å². The third-order valence-corrected chi connectivity index (χ3v) is 6.16. The lowest BCUT2D eigenvalue weighted by molar-refractivity contribution is -0.116. The molecule has 4 aromatic rings. The molecule has 8 heteroatoms. The molecule has 1 aromatic carbocycles. The molecule has 146 valence electrons. The van der Waals surface area contributed by atoms with Crippen LogP contribution in [0.4, 0.5) is 0 Å². The van der Waals surface area contributed by atoms with Crippen molar-refractivity contribution in [3.8, 4) is 0 Å². The van der Waals surface area contributed by atoms with E-state index in [2.05, 4.69) is 15.0 Å². The van der Waals surface area contributed by atoms with Crippen LogP contribution in [-0.4, -0.2) is 31.1 Å². The number of carbonyl (C=O) groups is 1. The zero-order chi connectivity index (χ0) is 20.1. The van der Waals surface area contributed by atoms with E-state index in [0.29, 0.717) is 35.6 Å². The molecule has 6 nitrogen and oxygen atoms in total. The van der Waals surface area contributed by atoms with Gasteiger partial charge in [0.15, 0.2) is 10.7 Å². The molecule has 4 rings (SSSR count). The molecular formula is C21H18N4O2S2. The highest BCUT2D eigenvalue weighted by atomic mass is 32.2. The second-order valence-electron chi connectivity index (χ2n) is 6.39. The van der Waals surface area contributed by atoms with Crippen LogP contribution in [0, 0.1) is 0 Å². The number of fused-ring (bicyclic) bond motifs is 1. The predicted molar refractivity (Wildman–Crippen MR) is 115 cm³/mol. The Balaban J connectivity index is 1.58. The summed E-state index contributed by atoms with van der Waals surface area (Å²) in [6.45, 7) is 0.478. The first kappa shape index (κ1) is 19.5. The number of Topliss-reactive ketones (excluding diaryl/α,β-unsaturated/α-hetero) is 1. The van der Waals surface area contributed by atoms with E-state index in [4.69, 9.17) is 0 Å². The Morgan fingerprint density at radius 1 is 1.07 bits per heavy atom. The van der Waals surface area contributed by atoms with Gasteiger partial charge in [-0.25, -0.2) is 15.0 Å². The van der Waals surface area contributed by atoms with Crippen molar-refractivity contribution in [2.45, 2.75) is 24.5 Å². The topological polar surface area (TPSA) is 77.7 Å². The molecule has 0 atom stereocenters. The molecule has 0 unspecified atom stereocenters.